The molecule has 3 N–H and O–H groups in total. The van der Waals surface area contributed by atoms with Crippen LogP contribution >= 0.6 is 27.3 Å². The summed E-state index contributed by atoms with van der Waals surface area (Å²) in [5, 5.41) is 2.82. The van der Waals surface area contributed by atoms with Crippen LogP contribution in [-0.4, -0.2) is 13.0 Å². The predicted octanol–water partition coefficient (Wildman–Crippen LogP) is 3.66. The molecule has 0 radical (unpaired) electrons. The van der Waals surface area contributed by atoms with Gasteiger partial charge in [0, 0.05) is 15.0 Å². The molecule has 0 spiro atoms. The predicted molar refractivity (Wildman–Crippen MR) is 82.1 cm³/mol. The molecule has 6 heteroatoms. The lowest BCUT2D eigenvalue weighted by atomic mass is 10.3. The third-order valence-electron chi connectivity index (χ3n) is 2.59. The maximum Gasteiger partial charge on any atom is 0.265 e. The molecule has 1 heterocycles. The zero-order chi connectivity index (χ0) is 14.0. The second-order valence-corrected chi connectivity index (χ2v) is 6.09. The van der Waals surface area contributed by atoms with Gasteiger partial charge in [0.25, 0.3) is 5.91 Å². The van der Waals surface area contributed by atoms with Gasteiger partial charge in [0.1, 0.15) is 5.75 Å². The van der Waals surface area contributed by atoms with E-state index in [1.165, 1.54) is 11.3 Å². The Bertz CT molecular complexity index is 606. The summed E-state index contributed by atoms with van der Waals surface area (Å²) >= 11 is 4.73. The van der Waals surface area contributed by atoms with Gasteiger partial charge >= 0.3 is 0 Å². The van der Waals surface area contributed by atoms with Crippen molar-refractivity contribution >= 4 is 44.5 Å². The molecule has 0 fully saturated rings. The molecule has 4 nitrogen and oxygen atoms in total. The molecule has 0 atom stereocenters. The van der Waals surface area contributed by atoms with Crippen LogP contribution < -0.4 is 15.8 Å². The minimum Gasteiger partial charge on any atom is -0.495 e. The number of ether oxygens (including phenoxy) is 1. The number of nitrogen functional groups attached to an aromatic ring is 1. The van der Waals surface area contributed by atoms with Crippen LogP contribution in [0.4, 0.5) is 11.4 Å². The van der Waals surface area contributed by atoms with Crippen molar-refractivity contribution < 1.29 is 9.53 Å². The summed E-state index contributed by atoms with van der Waals surface area (Å²) in [4.78, 5) is 13.6. The van der Waals surface area contributed by atoms with E-state index in [-0.39, 0.29) is 5.91 Å². The Kier molecular flexibility index (Phi) is 4.11. The second-order valence-electron chi connectivity index (χ2n) is 3.92. The van der Waals surface area contributed by atoms with Crippen LogP contribution in [0.1, 0.15) is 14.5 Å². The quantitative estimate of drug-likeness (QED) is 0.895. The molecule has 1 aromatic carbocycles. The number of hydrogen-bond acceptors (Lipinski definition) is 4. The van der Waals surface area contributed by atoms with Gasteiger partial charge in [-0.25, -0.2) is 0 Å². The fraction of sp³-hybridized carbons (Fsp3) is 0.154. The highest BCUT2D eigenvalue weighted by atomic mass is 79.9. The third kappa shape index (κ3) is 3.08. The van der Waals surface area contributed by atoms with Crippen molar-refractivity contribution in [3.63, 3.8) is 0 Å². The molecule has 1 amide bonds. The first kappa shape index (κ1) is 13.9. The summed E-state index contributed by atoms with van der Waals surface area (Å²) in [6.45, 7) is 1.89. The molecular weight excluding hydrogens is 328 g/mol. The van der Waals surface area contributed by atoms with Crippen molar-refractivity contribution in [2.45, 2.75) is 6.92 Å². The number of methoxy groups -OCH3 is 1. The Labute approximate surface area is 123 Å². The molecule has 19 heavy (non-hydrogen) atoms. The number of amides is 1. The highest BCUT2D eigenvalue weighted by Gasteiger charge is 2.13. The zero-order valence-electron chi connectivity index (χ0n) is 10.5. The maximum absolute atomic E-state index is 12.1. The third-order valence-corrected chi connectivity index (χ3v) is 4.15. The van der Waals surface area contributed by atoms with E-state index in [1.807, 2.05) is 13.0 Å². The van der Waals surface area contributed by atoms with Gasteiger partial charge in [-0.3, -0.25) is 4.79 Å². The highest BCUT2D eigenvalue weighted by molar-refractivity contribution is 9.10. The van der Waals surface area contributed by atoms with E-state index in [4.69, 9.17) is 10.5 Å². The van der Waals surface area contributed by atoms with Crippen molar-refractivity contribution in [1.29, 1.82) is 0 Å². The highest BCUT2D eigenvalue weighted by Crippen LogP contribution is 2.30. The molecular formula is C13H13BrN2O2S. The van der Waals surface area contributed by atoms with Gasteiger partial charge in [-0.1, -0.05) is 15.9 Å². The lowest BCUT2D eigenvalue weighted by molar-refractivity contribution is 0.103. The van der Waals surface area contributed by atoms with E-state index in [0.717, 1.165) is 9.35 Å². The molecule has 2 rings (SSSR count). The van der Waals surface area contributed by atoms with Crippen LogP contribution in [0.25, 0.3) is 0 Å². The fourth-order valence-corrected chi connectivity index (χ4v) is 2.77. The van der Waals surface area contributed by atoms with Crippen LogP contribution in [0.15, 0.2) is 28.7 Å². The molecule has 0 unspecified atom stereocenters. The van der Waals surface area contributed by atoms with E-state index in [9.17, 15) is 4.79 Å². The smallest absolute Gasteiger partial charge is 0.265 e. The molecule has 0 aliphatic heterocycles. The number of carbonyl (C=O) groups excluding carboxylic acids is 1. The average Bonchev–Trinajstić information content (AvgIpc) is 2.70. The Morgan fingerprint density at radius 3 is 2.74 bits per heavy atom. The lowest BCUT2D eigenvalue weighted by Crippen LogP contribution is -2.11. The van der Waals surface area contributed by atoms with Gasteiger partial charge in [0.2, 0.25) is 0 Å². The number of hydrogen-bond donors (Lipinski definition) is 2. The molecule has 0 aliphatic carbocycles. The number of anilines is 2. The minimum absolute atomic E-state index is 0.193. The average molecular weight is 341 g/mol. The Morgan fingerprint density at radius 2 is 2.16 bits per heavy atom. The molecule has 1 aromatic heterocycles. The van der Waals surface area contributed by atoms with Gasteiger partial charge in [-0.2, -0.15) is 0 Å². The van der Waals surface area contributed by atoms with Gasteiger partial charge in [-0.05, 0) is 31.2 Å². The zero-order valence-corrected chi connectivity index (χ0v) is 12.9. The summed E-state index contributed by atoms with van der Waals surface area (Å²) in [5.74, 6) is 0.416. The monoisotopic (exact) mass is 340 g/mol. The minimum atomic E-state index is -0.193. The first-order chi connectivity index (χ1) is 9.01. The van der Waals surface area contributed by atoms with E-state index < -0.39 is 0 Å². The summed E-state index contributed by atoms with van der Waals surface area (Å²) in [6, 6.07) is 7.11. The Morgan fingerprint density at radius 1 is 1.42 bits per heavy atom. The summed E-state index contributed by atoms with van der Waals surface area (Å²) < 4.78 is 6.08. The van der Waals surface area contributed by atoms with E-state index >= 15 is 0 Å². The largest absolute Gasteiger partial charge is 0.495 e. The number of nitrogens with one attached hydrogen (secondary N) is 1. The van der Waals surface area contributed by atoms with Crippen molar-refractivity contribution in [3.05, 3.63) is 38.5 Å². The topological polar surface area (TPSA) is 64.3 Å². The molecule has 0 bridgehead atoms. The van der Waals surface area contributed by atoms with Crippen molar-refractivity contribution in [1.82, 2.24) is 0 Å². The molecule has 100 valence electrons. The Balaban J connectivity index is 2.25. The molecule has 2 aromatic rings. The lowest BCUT2D eigenvalue weighted by Gasteiger charge is -2.09. The summed E-state index contributed by atoms with van der Waals surface area (Å²) in [5.41, 5.74) is 7.00. The number of nitrogens with two attached hydrogens (primary N) is 1. The first-order valence-electron chi connectivity index (χ1n) is 5.52. The fourth-order valence-electron chi connectivity index (χ4n) is 1.57. The van der Waals surface area contributed by atoms with Crippen molar-refractivity contribution in [2.24, 2.45) is 0 Å². The first-order valence-corrected chi connectivity index (χ1v) is 7.13. The number of halogens is 1. The van der Waals surface area contributed by atoms with E-state index in [2.05, 4.69) is 21.2 Å². The van der Waals surface area contributed by atoms with Crippen LogP contribution in [-0.2, 0) is 0 Å². The SMILES string of the molecule is COc1ccc(Br)cc1NC(=O)c1cc(N)c(C)s1. The number of rotatable bonds is 3. The van der Waals surface area contributed by atoms with Crippen LogP contribution in [0.5, 0.6) is 5.75 Å². The van der Waals surface area contributed by atoms with Crippen molar-refractivity contribution in [2.75, 3.05) is 18.2 Å². The van der Waals surface area contributed by atoms with Crippen LogP contribution in [0.2, 0.25) is 0 Å². The standard InChI is InChI=1S/C13H13BrN2O2S/c1-7-9(15)6-12(19-7)13(17)16-10-5-8(14)3-4-11(10)18-2/h3-6H,15H2,1-2H3,(H,16,17). The summed E-state index contributed by atoms with van der Waals surface area (Å²) in [6.07, 6.45) is 0. The summed E-state index contributed by atoms with van der Waals surface area (Å²) in [7, 11) is 1.56. The number of benzene rings is 1. The second kappa shape index (κ2) is 5.63. The number of carbonyl (C=O) groups is 1. The van der Waals surface area contributed by atoms with Gasteiger partial charge in [-0.15, -0.1) is 11.3 Å². The molecule has 0 saturated heterocycles. The Hall–Kier alpha value is -1.53. The van der Waals surface area contributed by atoms with Crippen molar-refractivity contribution in [3.8, 4) is 5.75 Å². The van der Waals surface area contributed by atoms with E-state index in [1.54, 1.807) is 25.3 Å². The van der Waals surface area contributed by atoms with Gasteiger partial charge in [0.15, 0.2) is 0 Å². The van der Waals surface area contributed by atoms with E-state index in [0.29, 0.717) is 22.0 Å². The maximum atomic E-state index is 12.1. The van der Waals surface area contributed by atoms with Crippen LogP contribution in [0.3, 0.4) is 0 Å². The molecule has 0 saturated carbocycles. The van der Waals surface area contributed by atoms with Gasteiger partial charge in [0.05, 0.1) is 17.7 Å². The molecule has 0 aliphatic rings. The normalized spacial score (nSPS) is 10.3. The number of aryl methyl sites for hydroxylation is 1. The van der Waals surface area contributed by atoms with Gasteiger partial charge < -0.3 is 15.8 Å². The number of thiophene rings is 1. The van der Waals surface area contributed by atoms with Crippen LogP contribution in [0, 0.1) is 6.92 Å².